The minimum atomic E-state index is -10.1. The molecule has 1 rings (SSSR count). The van der Waals surface area contributed by atoms with Crippen LogP contribution in [0.4, 0.5) is 25.1 Å². The Morgan fingerprint density at radius 2 is 1.74 bits per heavy atom. The number of carbonyl (C=O) groups excluding carboxylic acids is 1. The normalized spacial score (nSPS) is 15.3. The molecule has 11 heteroatoms. The second-order valence-corrected chi connectivity index (χ2v) is 5.84. The maximum atomic E-state index is 12.6. The number of nitro benzene ring substituents is 1. The zero-order valence-electron chi connectivity index (χ0n) is 9.11. The Morgan fingerprint density at radius 1 is 1.21 bits per heavy atom. The lowest BCUT2D eigenvalue weighted by molar-refractivity contribution is -0.385. The van der Waals surface area contributed by atoms with Gasteiger partial charge in [0.15, 0.2) is 0 Å². The van der Waals surface area contributed by atoms with E-state index in [9.17, 15) is 34.3 Å². The molecular weight excluding hydrogens is 301 g/mol. The van der Waals surface area contributed by atoms with Crippen molar-refractivity contribution in [3.8, 4) is 0 Å². The molecule has 0 spiro atoms. The number of carbonyl (C=O) groups is 1. The van der Waals surface area contributed by atoms with E-state index in [1.54, 1.807) is 0 Å². The Labute approximate surface area is 102 Å². The van der Waals surface area contributed by atoms with Crippen LogP contribution >= 0.6 is 10.2 Å². The average Bonchev–Trinajstić information content (AvgIpc) is 2.24. The molecule has 0 aliphatic carbocycles. The Balaban J connectivity index is 3.65. The van der Waals surface area contributed by atoms with Crippen molar-refractivity contribution in [1.82, 2.24) is 0 Å². The third-order valence-electron chi connectivity index (χ3n) is 1.97. The maximum absolute atomic E-state index is 12.6. The molecule has 0 amide bonds. The van der Waals surface area contributed by atoms with Crippen LogP contribution in [0.5, 0.6) is 0 Å². The molecule has 0 aliphatic heterocycles. The van der Waals surface area contributed by atoms with Gasteiger partial charge in [-0.05, 0) is 6.07 Å². The van der Waals surface area contributed by atoms with Gasteiger partial charge in [-0.25, -0.2) is 4.79 Å². The minimum Gasteiger partial charge on any atom is -0.465 e. The lowest BCUT2D eigenvalue weighted by atomic mass is 10.2. The van der Waals surface area contributed by atoms with Gasteiger partial charge in [-0.1, -0.05) is 19.4 Å². The van der Waals surface area contributed by atoms with Gasteiger partial charge < -0.3 is 4.74 Å². The lowest BCUT2D eigenvalue weighted by Gasteiger charge is -2.40. The van der Waals surface area contributed by atoms with Crippen LogP contribution in [0.3, 0.4) is 0 Å². The molecule has 0 unspecified atom stereocenters. The first-order chi connectivity index (χ1) is 8.24. The number of halogens is 5. The summed E-state index contributed by atoms with van der Waals surface area (Å²) in [5.74, 6) is -1.40. The number of rotatable bonds is 3. The van der Waals surface area contributed by atoms with Gasteiger partial charge in [0.25, 0.3) is 5.69 Å². The molecule has 0 saturated heterocycles. The quantitative estimate of drug-likeness (QED) is 0.366. The molecule has 0 fully saturated rings. The predicted molar refractivity (Wildman–Crippen MR) is 55.8 cm³/mol. The number of nitro groups is 1. The molecule has 0 heterocycles. The Bertz CT molecular complexity index is 570. The van der Waals surface area contributed by atoms with Crippen molar-refractivity contribution in [2.75, 3.05) is 7.11 Å². The molecular formula is C8H6F5NO4S. The first-order valence-corrected chi connectivity index (χ1v) is 6.31. The predicted octanol–water partition coefficient (Wildman–Crippen LogP) is 4.04. The van der Waals surface area contributed by atoms with Gasteiger partial charge in [0.05, 0.1) is 17.6 Å². The maximum Gasteiger partial charge on any atom is 0.338 e. The van der Waals surface area contributed by atoms with Crippen molar-refractivity contribution >= 4 is 21.9 Å². The third-order valence-corrected chi connectivity index (χ3v) is 3.10. The summed E-state index contributed by atoms with van der Waals surface area (Å²) in [5, 5.41) is 10.4. The van der Waals surface area contributed by atoms with Crippen LogP contribution in [0.25, 0.3) is 0 Å². The van der Waals surface area contributed by atoms with Crippen molar-refractivity contribution in [3.63, 3.8) is 0 Å². The monoisotopic (exact) mass is 307 g/mol. The summed E-state index contributed by atoms with van der Waals surface area (Å²) in [5.41, 5.74) is -2.27. The van der Waals surface area contributed by atoms with E-state index in [0.29, 0.717) is 6.07 Å². The molecule has 1 aromatic rings. The second-order valence-electron chi connectivity index (χ2n) is 3.43. The van der Waals surface area contributed by atoms with E-state index in [2.05, 4.69) is 4.74 Å². The molecule has 19 heavy (non-hydrogen) atoms. The van der Waals surface area contributed by atoms with E-state index in [1.165, 1.54) is 0 Å². The Kier molecular flexibility index (Phi) is 2.84. The summed E-state index contributed by atoms with van der Waals surface area (Å²) in [7, 11) is -9.33. The summed E-state index contributed by atoms with van der Waals surface area (Å²) in [6, 6.07) is -0.0901. The van der Waals surface area contributed by atoms with Crippen molar-refractivity contribution in [1.29, 1.82) is 0 Å². The number of hydrogen-bond donors (Lipinski definition) is 0. The molecule has 1 aromatic carbocycles. The summed E-state index contributed by atoms with van der Waals surface area (Å²) in [4.78, 5) is 17.6. The lowest BCUT2D eigenvalue weighted by Crippen LogP contribution is -2.10. The van der Waals surface area contributed by atoms with Crippen LogP contribution in [0.15, 0.2) is 23.1 Å². The standard InChI is InChI=1S/C8H6F5NO4S/c1-18-8(15)5-2-6(14(16)17)4-7(3-5)19(9,10,11,12)13/h2-4H,1H3. The van der Waals surface area contributed by atoms with Crippen LogP contribution in [0.2, 0.25) is 0 Å². The number of methoxy groups -OCH3 is 1. The first kappa shape index (κ1) is 15.1. The zero-order valence-corrected chi connectivity index (χ0v) is 9.93. The largest absolute Gasteiger partial charge is 0.465 e. The van der Waals surface area contributed by atoms with Gasteiger partial charge in [-0.15, -0.1) is 0 Å². The fraction of sp³-hybridized carbons (Fsp3) is 0.125. The molecule has 0 aliphatic rings. The van der Waals surface area contributed by atoms with E-state index in [-0.39, 0.29) is 12.1 Å². The Morgan fingerprint density at radius 3 is 2.11 bits per heavy atom. The highest BCUT2D eigenvalue weighted by Crippen LogP contribution is 3.02. The number of benzene rings is 1. The summed E-state index contributed by atoms with van der Waals surface area (Å²) in [6.45, 7) is 0. The van der Waals surface area contributed by atoms with Crippen molar-refractivity contribution < 1.29 is 33.9 Å². The number of hydrogen-bond acceptors (Lipinski definition) is 4. The van der Waals surface area contributed by atoms with Crippen LogP contribution < -0.4 is 0 Å². The summed E-state index contributed by atoms with van der Waals surface area (Å²) < 4.78 is 66.9. The highest BCUT2D eigenvalue weighted by atomic mass is 32.5. The van der Waals surface area contributed by atoms with Crippen molar-refractivity contribution in [2.24, 2.45) is 0 Å². The van der Waals surface area contributed by atoms with Gasteiger partial charge >= 0.3 is 16.2 Å². The molecule has 0 N–H and O–H groups in total. The number of ether oxygens (including phenoxy) is 1. The van der Waals surface area contributed by atoms with Gasteiger partial charge in [-0.2, -0.15) is 0 Å². The zero-order chi connectivity index (χ0) is 15.1. The average molecular weight is 307 g/mol. The van der Waals surface area contributed by atoms with Gasteiger partial charge in [0.1, 0.15) is 4.90 Å². The molecule has 108 valence electrons. The Hall–Kier alpha value is -1.91. The van der Waals surface area contributed by atoms with E-state index < -0.39 is 37.3 Å². The minimum absolute atomic E-state index is 0.180. The molecule has 0 saturated carbocycles. The number of esters is 1. The highest BCUT2D eigenvalue weighted by Gasteiger charge is 2.66. The summed E-state index contributed by atoms with van der Waals surface area (Å²) in [6.07, 6.45) is 0. The van der Waals surface area contributed by atoms with E-state index in [0.717, 1.165) is 7.11 Å². The SMILES string of the molecule is COC(=O)c1cc([N+](=O)[O-])cc(S(F)(F)(F)(F)F)c1. The van der Waals surface area contributed by atoms with Gasteiger partial charge in [0.2, 0.25) is 0 Å². The van der Waals surface area contributed by atoms with Crippen LogP contribution in [0, 0.1) is 10.1 Å². The smallest absolute Gasteiger partial charge is 0.338 e. The molecule has 0 radical (unpaired) electrons. The van der Waals surface area contributed by atoms with Crippen LogP contribution in [-0.2, 0) is 4.74 Å². The third kappa shape index (κ3) is 3.53. The van der Waals surface area contributed by atoms with E-state index >= 15 is 0 Å². The van der Waals surface area contributed by atoms with Gasteiger partial charge in [0, 0.05) is 12.1 Å². The topological polar surface area (TPSA) is 69.4 Å². The molecule has 0 atom stereocenters. The van der Waals surface area contributed by atoms with Crippen molar-refractivity contribution in [3.05, 3.63) is 33.9 Å². The highest BCUT2D eigenvalue weighted by molar-refractivity contribution is 8.45. The van der Waals surface area contributed by atoms with E-state index in [4.69, 9.17) is 0 Å². The van der Waals surface area contributed by atoms with Crippen LogP contribution in [0.1, 0.15) is 10.4 Å². The first-order valence-electron chi connectivity index (χ1n) is 4.36. The van der Waals surface area contributed by atoms with Gasteiger partial charge in [-0.3, -0.25) is 10.1 Å². The molecule has 5 nitrogen and oxygen atoms in total. The fourth-order valence-electron chi connectivity index (χ4n) is 1.15. The number of non-ortho nitro benzene ring substituents is 1. The fourth-order valence-corrected chi connectivity index (χ4v) is 1.84. The number of nitrogens with zero attached hydrogens (tertiary/aromatic N) is 1. The molecule has 0 aromatic heterocycles. The summed E-state index contributed by atoms with van der Waals surface area (Å²) >= 11 is 0. The van der Waals surface area contributed by atoms with Crippen molar-refractivity contribution in [2.45, 2.75) is 4.90 Å². The van der Waals surface area contributed by atoms with Crippen LogP contribution in [-0.4, -0.2) is 18.0 Å². The molecule has 0 bridgehead atoms. The van der Waals surface area contributed by atoms with E-state index in [1.807, 2.05) is 0 Å². The second kappa shape index (κ2) is 3.56.